The smallest absolute Gasteiger partial charge is 0.305 e. The van der Waals surface area contributed by atoms with Crippen LogP contribution in [0, 0.1) is 6.92 Å². The molecule has 8 nitrogen and oxygen atoms in total. The number of carbonyl (C=O) groups is 2. The van der Waals surface area contributed by atoms with Gasteiger partial charge in [0.15, 0.2) is 11.5 Å². The summed E-state index contributed by atoms with van der Waals surface area (Å²) in [6.45, 7) is 2.35. The summed E-state index contributed by atoms with van der Waals surface area (Å²) in [6.07, 6.45) is 3.42. The predicted octanol–water partition coefficient (Wildman–Crippen LogP) is 0.432. The van der Waals surface area contributed by atoms with Crippen LogP contribution in [0.25, 0.3) is 0 Å². The zero-order chi connectivity index (χ0) is 14.5. The van der Waals surface area contributed by atoms with Crippen LogP contribution in [0.3, 0.4) is 0 Å². The fourth-order valence-electron chi connectivity index (χ4n) is 1.58. The molecule has 2 heterocycles. The van der Waals surface area contributed by atoms with E-state index in [0.717, 1.165) is 5.56 Å². The molecule has 0 saturated carbocycles. The van der Waals surface area contributed by atoms with Gasteiger partial charge in [-0.25, -0.2) is 0 Å². The van der Waals surface area contributed by atoms with Crippen LogP contribution in [0.15, 0.2) is 23.0 Å². The lowest BCUT2D eigenvalue weighted by Gasteiger charge is -1.98. The Hall–Kier alpha value is -2.64. The van der Waals surface area contributed by atoms with Crippen LogP contribution in [-0.4, -0.2) is 38.5 Å². The minimum Gasteiger partial charge on any atom is -0.481 e. The van der Waals surface area contributed by atoms with Gasteiger partial charge in [0, 0.05) is 18.8 Å². The molecule has 0 bridgehead atoms. The summed E-state index contributed by atoms with van der Waals surface area (Å²) in [4.78, 5) is 22.0. The van der Waals surface area contributed by atoms with Gasteiger partial charge in [0.05, 0.1) is 12.6 Å². The second kappa shape index (κ2) is 6.00. The van der Waals surface area contributed by atoms with E-state index in [1.165, 1.54) is 6.07 Å². The van der Waals surface area contributed by atoms with Crippen molar-refractivity contribution in [3.05, 3.63) is 35.5 Å². The predicted molar refractivity (Wildman–Crippen MR) is 67.2 cm³/mol. The number of hydrogen-bond acceptors (Lipinski definition) is 5. The van der Waals surface area contributed by atoms with Crippen molar-refractivity contribution in [3.63, 3.8) is 0 Å². The molecule has 0 radical (unpaired) electrons. The Balaban J connectivity index is 1.91. The van der Waals surface area contributed by atoms with Crippen molar-refractivity contribution in [3.8, 4) is 0 Å². The van der Waals surface area contributed by atoms with Gasteiger partial charge in [0.1, 0.15) is 6.54 Å². The first-order valence-corrected chi connectivity index (χ1v) is 5.99. The minimum absolute atomic E-state index is 0.0503. The summed E-state index contributed by atoms with van der Waals surface area (Å²) in [6, 6.07) is 1.51. The molecule has 2 aromatic heterocycles. The van der Waals surface area contributed by atoms with Gasteiger partial charge in [0.25, 0.3) is 5.91 Å². The fraction of sp³-hybridized carbons (Fsp3) is 0.333. The second-order valence-electron chi connectivity index (χ2n) is 4.29. The monoisotopic (exact) mass is 278 g/mol. The van der Waals surface area contributed by atoms with Crippen LogP contribution >= 0.6 is 0 Å². The maximum atomic E-state index is 11.6. The van der Waals surface area contributed by atoms with E-state index in [4.69, 9.17) is 9.63 Å². The van der Waals surface area contributed by atoms with E-state index in [0.29, 0.717) is 12.3 Å². The maximum Gasteiger partial charge on any atom is 0.305 e. The number of hydrogen-bond donors (Lipinski definition) is 2. The highest BCUT2D eigenvalue weighted by molar-refractivity contribution is 5.92. The molecular weight excluding hydrogens is 264 g/mol. The Bertz CT molecular complexity index is 617. The number of amides is 1. The summed E-state index contributed by atoms with van der Waals surface area (Å²) < 4.78 is 6.71. The van der Waals surface area contributed by atoms with Gasteiger partial charge in [-0.15, -0.1) is 0 Å². The first-order chi connectivity index (χ1) is 9.54. The highest BCUT2D eigenvalue weighted by atomic mass is 16.5. The molecule has 0 aliphatic rings. The van der Waals surface area contributed by atoms with Gasteiger partial charge in [-0.2, -0.15) is 5.10 Å². The number of carboxylic acid groups (broad SMARTS) is 1. The summed E-state index contributed by atoms with van der Waals surface area (Å²) in [5.74, 6) is -0.936. The third-order valence-corrected chi connectivity index (χ3v) is 2.50. The Morgan fingerprint density at radius 3 is 2.95 bits per heavy atom. The van der Waals surface area contributed by atoms with Gasteiger partial charge >= 0.3 is 5.97 Å². The van der Waals surface area contributed by atoms with Crippen molar-refractivity contribution >= 4 is 11.9 Å². The second-order valence-corrected chi connectivity index (χ2v) is 4.29. The number of aryl methyl sites for hydroxylation is 1. The average Bonchev–Trinajstić information content (AvgIpc) is 2.99. The molecule has 2 aromatic rings. The van der Waals surface area contributed by atoms with E-state index < -0.39 is 11.9 Å². The quantitative estimate of drug-likeness (QED) is 0.793. The SMILES string of the molecule is Cc1cnn(Cc2cc(C(=O)NCCC(=O)O)no2)c1. The molecule has 8 heteroatoms. The average molecular weight is 278 g/mol. The van der Waals surface area contributed by atoms with Gasteiger partial charge < -0.3 is 14.9 Å². The third kappa shape index (κ3) is 3.67. The lowest BCUT2D eigenvalue weighted by molar-refractivity contribution is -0.136. The van der Waals surface area contributed by atoms with Crippen molar-refractivity contribution in [2.24, 2.45) is 0 Å². The lowest BCUT2D eigenvalue weighted by Crippen LogP contribution is -2.26. The highest BCUT2D eigenvalue weighted by Gasteiger charge is 2.13. The minimum atomic E-state index is -0.972. The molecule has 1 amide bonds. The van der Waals surface area contributed by atoms with Crippen molar-refractivity contribution in [2.45, 2.75) is 19.9 Å². The van der Waals surface area contributed by atoms with E-state index in [2.05, 4.69) is 15.6 Å². The number of nitrogens with one attached hydrogen (secondary N) is 1. The molecule has 20 heavy (non-hydrogen) atoms. The molecule has 2 N–H and O–H groups in total. The first-order valence-electron chi connectivity index (χ1n) is 5.99. The zero-order valence-corrected chi connectivity index (χ0v) is 10.9. The van der Waals surface area contributed by atoms with Gasteiger partial charge in [0.2, 0.25) is 0 Å². The summed E-state index contributed by atoms with van der Waals surface area (Å²) in [7, 11) is 0. The third-order valence-electron chi connectivity index (χ3n) is 2.50. The standard InChI is InChI=1S/C12H14N4O4/c1-8-5-14-16(6-8)7-9-4-10(15-20-9)12(19)13-3-2-11(17)18/h4-6H,2-3,7H2,1H3,(H,13,19)(H,17,18). The van der Waals surface area contributed by atoms with Crippen molar-refractivity contribution < 1.29 is 19.2 Å². The van der Waals surface area contributed by atoms with Gasteiger partial charge in [-0.1, -0.05) is 5.16 Å². The van der Waals surface area contributed by atoms with Crippen molar-refractivity contribution in [1.82, 2.24) is 20.3 Å². The number of nitrogens with zero attached hydrogens (tertiary/aromatic N) is 3. The number of rotatable bonds is 6. The number of carbonyl (C=O) groups excluding carboxylic acids is 1. The lowest BCUT2D eigenvalue weighted by atomic mass is 10.3. The van der Waals surface area contributed by atoms with Crippen LogP contribution in [0.5, 0.6) is 0 Å². The van der Waals surface area contributed by atoms with Gasteiger partial charge in [-0.3, -0.25) is 14.3 Å². The number of carboxylic acids is 1. The molecule has 0 aliphatic carbocycles. The highest BCUT2D eigenvalue weighted by Crippen LogP contribution is 2.06. The van der Waals surface area contributed by atoms with Crippen LogP contribution in [0.2, 0.25) is 0 Å². The van der Waals surface area contributed by atoms with Crippen molar-refractivity contribution in [1.29, 1.82) is 0 Å². The molecule has 106 valence electrons. The van der Waals surface area contributed by atoms with Crippen LogP contribution in [-0.2, 0) is 11.3 Å². The zero-order valence-electron chi connectivity index (χ0n) is 10.9. The molecule has 0 unspecified atom stereocenters. The summed E-state index contributed by atoms with van der Waals surface area (Å²) >= 11 is 0. The summed E-state index contributed by atoms with van der Waals surface area (Å²) in [5, 5.41) is 18.7. The maximum absolute atomic E-state index is 11.6. The molecular formula is C12H14N4O4. The molecule has 0 atom stereocenters. The van der Waals surface area contributed by atoms with Gasteiger partial charge in [-0.05, 0) is 12.5 Å². The molecule has 0 saturated heterocycles. The van der Waals surface area contributed by atoms with E-state index in [9.17, 15) is 9.59 Å². The van der Waals surface area contributed by atoms with E-state index in [-0.39, 0.29) is 18.7 Å². The van der Waals surface area contributed by atoms with Crippen molar-refractivity contribution in [2.75, 3.05) is 6.54 Å². The summed E-state index contributed by atoms with van der Waals surface area (Å²) in [5.41, 5.74) is 1.14. The Kier molecular flexibility index (Phi) is 4.14. The molecule has 0 aliphatic heterocycles. The van der Waals surface area contributed by atoms with E-state index in [1.54, 1.807) is 10.9 Å². The molecule has 0 spiro atoms. The molecule has 0 aromatic carbocycles. The van der Waals surface area contributed by atoms with Crippen LogP contribution in [0.4, 0.5) is 0 Å². The molecule has 0 fully saturated rings. The number of aliphatic carboxylic acids is 1. The normalized spacial score (nSPS) is 10.4. The Labute approximate surface area is 114 Å². The largest absolute Gasteiger partial charge is 0.481 e. The van der Waals surface area contributed by atoms with Crippen LogP contribution < -0.4 is 5.32 Å². The Morgan fingerprint density at radius 1 is 1.50 bits per heavy atom. The van der Waals surface area contributed by atoms with E-state index >= 15 is 0 Å². The first kappa shape index (κ1) is 13.8. The topological polar surface area (TPSA) is 110 Å². The number of aromatic nitrogens is 3. The van der Waals surface area contributed by atoms with E-state index in [1.807, 2.05) is 13.1 Å². The Morgan fingerprint density at radius 2 is 2.30 bits per heavy atom. The molecule has 2 rings (SSSR count). The fourth-order valence-corrected chi connectivity index (χ4v) is 1.58. The van der Waals surface area contributed by atoms with Crippen LogP contribution in [0.1, 0.15) is 28.2 Å².